The van der Waals surface area contributed by atoms with Crippen molar-refractivity contribution in [3.05, 3.63) is 52.6 Å². The minimum absolute atomic E-state index is 0.0466. The third kappa shape index (κ3) is 4.93. The molecule has 1 aromatic heterocycles. The molecule has 0 spiro atoms. The van der Waals surface area contributed by atoms with Crippen LogP contribution in [-0.2, 0) is 0 Å². The largest absolute Gasteiger partial charge is 0.368 e. The maximum atomic E-state index is 12.3. The molecule has 2 amide bonds. The molecule has 2 heterocycles. The summed E-state index contributed by atoms with van der Waals surface area (Å²) >= 11 is 11.9. The van der Waals surface area contributed by atoms with Gasteiger partial charge in [-0.1, -0.05) is 41.4 Å². The number of rotatable bonds is 5. The number of pyridine rings is 1. The Balaban J connectivity index is 1.38. The topological polar surface area (TPSA) is 60.5 Å². The number of anilines is 2. The number of urea groups is 1. The van der Waals surface area contributed by atoms with Crippen molar-refractivity contribution >= 4 is 40.7 Å². The molecule has 6 nitrogen and oxygen atoms in total. The van der Waals surface area contributed by atoms with Crippen LogP contribution in [0.4, 0.5) is 16.3 Å². The van der Waals surface area contributed by atoms with Gasteiger partial charge < -0.3 is 20.4 Å². The summed E-state index contributed by atoms with van der Waals surface area (Å²) in [5.74, 6) is 0.557. The highest BCUT2D eigenvalue weighted by molar-refractivity contribution is 6.35. The molecule has 1 fully saturated rings. The Labute approximate surface area is 163 Å². The van der Waals surface area contributed by atoms with E-state index < -0.39 is 0 Å². The molecule has 1 aromatic carbocycles. The van der Waals surface area contributed by atoms with E-state index in [0.29, 0.717) is 42.0 Å². The number of benzene rings is 1. The van der Waals surface area contributed by atoms with Gasteiger partial charge in [-0.25, -0.2) is 9.78 Å². The maximum Gasteiger partial charge on any atom is 0.317 e. The molecule has 1 aliphatic heterocycles. The first-order chi connectivity index (χ1) is 12.6. The molecule has 0 saturated carbocycles. The smallest absolute Gasteiger partial charge is 0.317 e. The first kappa shape index (κ1) is 18.6. The summed E-state index contributed by atoms with van der Waals surface area (Å²) in [6.45, 7) is 4.10. The summed E-state index contributed by atoms with van der Waals surface area (Å²) < 4.78 is 0. The van der Waals surface area contributed by atoms with E-state index in [-0.39, 0.29) is 6.03 Å². The predicted octanol–water partition coefficient (Wildman–Crippen LogP) is 3.33. The van der Waals surface area contributed by atoms with Crippen LogP contribution in [0.5, 0.6) is 0 Å². The highest BCUT2D eigenvalue weighted by atomic mass is 35.5. The highest BCUT2D eigenvalue weighted by Gasteiger charge is 2.20. The van der Waals surface area contributed by atoms with Crippen molar-refractivity contribution in [3.63, 3.8) is 0 Å². The zero-order valence-electron chi connectivity index (χ0n) is 14.3. The molecule has 8 heteroatoms. The number of nitrogens with one attached hydrogen (secondary N) is 2. The molecule has 0 bridgehead atoms. The molecule has 0 aliphatic carbocycles. The van der Waals surface area contributed by atoms with Crippen LogP contribution in [0, 0.1) is 0 Å². The van der Waals surface area contributed by atoms with Gasteiger partial charge >= 0.3 is 6.03 Å². The van der Waals surface area contributed by atoms with E-state index in [0.717, 1.165) is 13.1 Å². The van der Waals surface area contributed by atoms with Crippen LogP contribution < -0.4 is 15.5 Å². The first-order valence-electron chi connectivity index (χ1n) is 8.51. The number of halogens is 2. The van der Waals surface area contributed by atoms with Crippen LogP contribution in [0.1, 0.15) is 0 Å². The molecular weight excluding hydrogens is 373 g/mol. The third-order valence-corrected chi connectivity index (χ3v) is 4.68. The molecule has 1 saturated heterocycles. The lowest BCUT2D eigenvalue weighted by Crippen LogP contribution is -2.52. The number of piperazine rings is 1. The minimum Gasteiger partial charge on any atom is -0.368 e. The van der Waals surface area contributed by atoms with Crippen molar-refractivity contribution in [3.8, 4) is 0 Å². The van der Waals surface area contributed by atoms with Gasteiger partial charge in [0, 0.05) is 51.2 Å². The van der Waals surface area contributed by atoms with Gasteiger partial charge in [0.05, 0.1) is 10.0 Å². The quantitative estimate of drug-likeness (QED) is 0.764. The molecule has 1 aliphatic rings. The standard InChI is InChI=1S/C18H21Cl2N5O/c19-14-12-16(20)17(23-13-14)21-6-7-22-18(26)25-10-8-24(9-11-25)15-4-2-1-3-5-15/h1-5,12-13H,6-11H2,(H,21,23)(H,22,26). The Morgan fingerprint density at radius 3 is 2.50 bits per heavy atom. The normalized spacial score (nSPS) is 14.2. The summed E-state index contributed by atoms with van der Waals surface area (Å²) in [7, 11) is 0. The summed E-state index contributed by atoms with van der Waals surface area (Å²) in [5, 5.41) is 6.95. The van der Waals surface area contributed by atoms with Crippen LogP contribution in [-0.4, -0.2) is 55.2 Å². The van der Waals surface area contributed by atoms with Crippen LogP contribution >= 0.6 is 23.2 Å². The first-order valence-corrected chi connectivity index (χ1v) is 9.27. The molecule has 138 valence electrons. The van der Waals surface area contributed by atoms with Gasteiger partial charge in [-0.05, 0) is 18.2 Å². The van der Waals surface area contributed by atoms with Crippen molar-refractivity contribution in [2.24, 2.45) is 0 Å². The van der Waals surface area contributed by atoms with Crippen molar-refractivity contribution in [1.29, 1.82) is 0 Å². The Hall–Kier alpha value is -2.18. The molecule has 3 rings (SSSR count). The van der Waals surface area contributed by atoms with Gasteiger partial charge in [0.2, 0.25) is 0 Å². The summed E-state index contributed by atoms with van der Waals surface area (Å²) in [5.41, 5.74) is 1.20. The zero-order valence-corrected chi connectivity index (χ0v) is 15.8. The summed E-state index contributed by atoms with van der Waals surface area (Å²) in [4.78, 5) is 20.5. The van der Waals surface area contributed by atoms with E-state index in [4.69, 9.17) is 23.2 Å². The Bertz CT molecular complexity index is 736. The Morgan fingerprint density at radius 2 is 1.81 bits per heavy atom. The van der Waals surface area contributed by atoms with Gasteiger partial charge in [-0.3, -0.25) is 0 Å². The third-order valence-electron chi connectivity index (χ3n) is 4.19. The molecule has 2 aromatic rings. The molecule has 0 radical (unpaired) electrons. The van der Waals surface area contributed by atoms with Gasteiger partial charge in [-0.15, -0.1) is 0 Å². The number of amides is 2. The molecule has 0 unspecified atom stereocenters. The van der Waals surface area contributed by atoms with E-state index in [9.17, 15) is 4.79 Å². The Kier molecular flexibility index (Phi) is 6.41. The van der Waals surface area contributed by atoms with Crippen LogP contribution in [0.15, 0.2) is 42.6 Å². The van der Waals surface area contributed by atoms with E-state index in [2.05, 4.69) is 32.7 Å². The molecule has 2 N–H and O–H groups in total. The average molecular weight is 394 g/mol. The van der Waals surface area contributed by atoms with Gasteiger partial charge in [0.25, 0.3) is 0 Å². The second-order valence-corrected chi connectivity index (χ2v) is 6.80. The monoisotopic (exact) mass is 393 g/mol. The second-order valence-electron chi connectivity index (χ2n) is 5.95. The fourth-order valence-corrected chi connectivity index (χ4v) is 3.26. The number of para-hydroxylation sites is 1. The minimum atomic E-state index is -0.0466. The molecule has 26 heavy (non-hydrogen) atoms. The van der Waals surface area contributed by atoms with Crippen molar-refractivity contribution in [2.45, 2.75) is 0 Å². The fourth-order valence-electron chi connectivity index (χ4n) is 2.81. The summed E-state index contributed by atoms with van der Waals surface area (Å²) in [6, 6.07) is 11.8. The van der Waals surface area contributed by atoms with Gasteiger partial charge in [0.1, 0.15) is 5.82 Å². The number of carbonyl (C=O) groups excluding carboxylic acids is 1. The fraction of sp³-hybridized carbons (Fsp3) is 0.333. The zero-order chi connectivity index (χ0) is 18.4. The lowest BCUT2D eigenvalue weighted by Gasteiger charge is -2.36. The SMILES string of the molecule is O=C(NCCNc1ncc(Cl)cc1Cl)N1CCN(c2ccccc2)CC1. The van der Waals surface area contributed by atoms with Crippen molar-refractivity contribution in [2.75, 3.05) is 49.5 Å². The van der Waals surface area contributed by atoms with E-state index in [1.54, 1.807) is 6.07 Å². The summed E-state index contributed by atoms with van der Waals surface area (Å²) in [6.07, 6.45) is 1.53. The van der Waals surface area contributed by atoms with Crippen LogP contribution in [0.3, 0.4) is 0 Å². The van der Waals surface area contributed by atoms with Gasteiger partial charge in [0.15, 0.2) is 0 Å². The number of carbonyl (C=O) groups is 1. The number of hydrogen-bond acceptors (Lipinski definition) is 4. The van der Waals surface area contributed by atoms with Gasteiger partial charge in [-0.2, -0.15) is 0 Å². The average Bonchev–Trinajstić information content (AvgIpc) is 2.67. The van der Waals surface area contributed by atoms with E-state index in [1.165, 1.54) is 11.9 Å². The van der Waals surface area contributed by atoms with Crippen molar-refractivity contribution < 1.29 is 4.79 Å². The number of hydrogen-bond donors (Lipinski definition) is 2. The molecule has 0 atom stereocenters. The predicted molar refractivity (Wildman–Crippen MR) is 106 cm³/mol. The second kappa shape index (κ2) is 8.96. The maximum absolute atomic E-state index is 12.3. The van der Waals surface area contributed by atoms with E-state index in [1.807, 2.05) is 23.1 Å². The lowest BCUT2D eigenvalue weighted by atomic mass is 10.2. The Morgan fingerprint density at radius 1 is 1.08 bits per heavy atom. The van der Waals surface area contributed by atoms with Crippen LogP contribution in [0.25, 0.3) is 0 Å². The van der Waals surface area contributed by atoms with E-state index >= 15 is 0 Å². The van der Waals surface area contributed by atoms with Crippen LogP contribution in [0.2, 0.25) is 10.0 Å². The lowest BCUT2D eigenvalue weighted by molar-refractivity contribution is 0.195. The molecular formula is C18H21Cl2N5O. The van der Waals surface area contributed by atoms with Crippen molar-refractivity contribution in [1.82, 2.24) is 15.2 Å². The highest BCUT2D eigenvalue weighted by Crippen LogP contribution is 2.22. The number of nitrogens with zero attached hydrogens (tertiary/aromatic N) is 3. The number of aromatic nitrogens is 1.